The van der Waals surface area contributed by atoms with E-state index in [1.165, 1.54) is 0 Å². The van der Waals surface area contributed by atoms with Crippen LogP contribution >= 0.6 is 24.4 Å². The number of rotatable bonds is 2. The van der Waals surface area contributed by atoms with E-state index in [9.17, 15) is 0 Å². The van der Waals surface area contributed by atoms with Crippen LogP contribution < -0.4 is 0 Å². The van der Waals surface area contributed by atoms with Gasteiger partial charge in [0, 0.05) is 22.6 Å². The summed E-state index contributed by atoms with van der Waals surface area (Å²) in [5.41, 5.74) is 2.84. The molecule has 0 unspecified atom stereocenters. The monoisotopic (exact) mass is 260 g/mol. The highest BCUT2D eigenvalue weighted by molar-refractivity contribution is 7.81. The number of nitrogens with zero attached hydrogens (tertiary/aromatic N) is 2. The van der Waals surface area contributed by atoms with Gasteiger partial charge in [-0.2, -0.15) is 10.2 Å². The molecule has 2 aliphatic carbocycles. The maximum Gasteiger partial charge on any atom is 0.0850 e. The Morgan fingerprint density at radius 1 is 1.00 bits per heavy atom. The van der Waals surface area contributed by atoms with Gasteiger partial charge in [0.05, 0.1) is 11.4 Å². The van der Waals surface area contributed by atoms with Gasteiger partial charge >= 0.3 is 0 Å². The summed E-state index contributed by atoms with van der Waals surface area (Å²) in [4.78, 5) is 1.88. The van der Waals surface area contributed by atoms with E-state index in [-0.39, 0.29) is 0 Å². The largest absolute Gasteiger partial charge is 0.151 e. The molecule has 0 aromatic carbocycles. The van der Waals surface area contributed by atoms with Gasteiger partial charge < -0.3 is 0 Å². The topological polar surface area (TPSA) is 24.7 Å². The minimum absolute atomic E-state index is 0.776. The maximum absolute atomic E-state index is 5.13. The van der Waals surface area contributed by atoms with E-state index in [0.29, 0.717) is 0 Å². The van der Waals surface area contributed by atoms with Crippen molar-refractivity contribution in [3.63, 3.8) is 0 Å². The van der Waals surface area contributed by atoms with Crippen molar-refractivity contribution in [2.75, 3.05) is 0 Å². The Morgan fingerprint density at radius 2 is 1.76 bits per heavy atom. The average Bonchev–Trinajstić information content (AvgIpc) is 2.30. The van der Waals surface area contributed by atoms with Crippen molar-refractivity contribution in [1.82, 2.24) is 0 Å². The van der Waals surface area contributed by atoms with Gasteiger partial charge in [0.25, 0.3) is 0 Å². The van der Waals surface area contributed by atoms with Crippen LogP contribution in [-0.2, 0) is 0 Å². The van der Waals surface area contributed by atoms with Crippen LogP contribution in [-0.4, -0.2) is 9.73 Å². The van der Waals surface area contributed by atoms with Crippen molar-refractivity contribution < 1.29 is 0 Å². The highest BCUT2D eigenvalue weighted by atomic mass is 32.1. The smallest absolute Gasteiger partial charge is 0.0850 e. The second-order valence-electron chi connectivity index (χ2n) is 3.92. The lowest BCUT2D eigenvalue weighted by atomic mass is 10.1. The predicted octanol–water partition coefficient (Wildman–Crippen LogP) is 4.26. The fourth-order valence-corrected chi connectivity index (χ4v) is 1.97. The van der Waals surface area contributed by atoms with E-state index in [2.05, 4.69) is 10.2 Å². The van der Waals surface area contributed by atoms with Gasteiger partial charge in [-0.3, -0.25) is 0 Å². The summed E-state index contributed by atoms with van der Waals surface area (Å²) in [7, 11) is 0. The molecule has 0 atom stereocenters. The molecule has 0 aliphatic heterocycles. The average molecular weight is 260 g/mol. The molecule has 0 saturated carbocycles. The van der Waals surface area contributed by atoms with Crippen molar-refractivity contribution >= 4 is 34.2 Å². The van der Waals surface area contributed by atoms with Gasteiger partial charge in [0.2, 0.25) is 0 Å². The first kappa shape index (κ1) is 12.2. The Hall–Kier alpha value is -1.26. The molecule has 0 spiro atoms. The number of hydrogen-bond acceptors (Lipinski definition) is 4. The summed E-state index contributed by atoms with van der Waals surface area (Å²) in [6.07, 6.45) is 11.3. The first-order valence-corrected chi connectivity index (χ1v) is 6.21. The third kappa shape index (κ3) is 3.35. The lowest BCUT2D eigenvalue weighted by molar-refractivity contribution is 1.07. The van der Waals surface area contributed by atoms with E-state index < -0.39 is 0 Å². The minimum atomic E-state index is 0.776. The molecule has 4 heteroatoms. The first-order chi connectivity index (χ1) is 8.15. The molecule has 0 fully saturated rings. The third-order valence-corrected chi connectivity index (χ3v) is 3.09. The standard InChI is InChI=1S/C13H12N2S2/c1-9-8-12(17)6-7-13(9)15-14-10-2-4-11(16)5-3-10/h2-4,7-8H,5-6H2,1H3. The van der Waals surface area contributed by atoms with Crippen molar-refractivity contribution in [3.8, 4) is 0 Å². The fraction of sp³-hybridized carbons (Fsp3) is 0.231. The summed E-state index contributed by atoms with van der Waals surface area (Å²) >= 11 is 10.2. The molecular formula is C13H12N2S2. The van der Waals surface area contributed by atoms with E-state index in [1.807, 2.05) is 37.3 Å². The number of allylic oxidation sites excluding steroid dienone is 6. The highest BCUT2D eigenvalue weighted by Gasteiger charge is 2.06. The van der Waals surface area contributed by atoms with E-state index in [1.54, 1.807) is 0 Å². The van der Waals surface area contributed by atoms with Gasteiger partial charge in [-0.15, -0.1) is 0 Å². The molecule has 86 valence electrons. The quantitative estimate of drug-likeness (QED) is 0.547. The van der Waals surface area contributed by atoms with Crippen molar-refractivity contribution in [1.29, 1.82) is 0 Å². The Bertz CT molecular complexity index is 520. The Labute approximate surface area is 112 Å². The minimum Gasteiger partial charge on any atom is -0.151 e. The molecule has 2 nitrogen and oxygen atoms in total. The van der Waals surface area contributed by atoms with Crippen LogP contribution in [0.2, 0.25) is 0 Å². The van der Waals surface area contributed by atoms with Gasteiger partial charge in [-0.1, -0.05) is 36.6 Å². The summed E-state index contributed by atoms with van der Waals surface area (Å²) in [5.74, 6) is 0. The first-order valence-electron chi connectivity index (χ1n) is 5.39. The normalized spacial score (nSPS) is 20.4. The molecule has 0 bridgehead atoms. The zero-order chi connectivity index (χ0) is 12.3. The van der Waals surface area contributed by atoms with E-state index in [0.717, 1.165) is 39.5 Å². The zero-order valence-corrected chi connectivity index (χ0v) is 11.1. The molecule has 17 heavy (non-hydrogen) atoms. The Kier molecular flexibility index (Phi) is 3.86. The highest BCUT2D eigenvalue weighted by Crippen LogP contribution is 2.20. The maximum atomic E-state index is 5.13. The Morgan fingerprint density at radius 3 is 2.41 bits per heavy atom. The van der Waals surface area contributed by atoms with Gasteiger partial charge in [0.15, 0.2) is 0 Å². The molecule has 2 aliphatic rings. The third-order valence-electron chi connectivity index (χ3n) is 2.50. The van der Waals surface area contributed by atoms with E-state index >= 15 is 0 Å². The van der Waals surface area contributed by atoms with Crippen LogP contribution in [0, 0.1) is 0 Å². The number of azo groups is 1. The van der Waals surface area contributed by atoms with Crippen LogP contribution in [0.3, 0.4) is 0 Å². The predicted molar refractivity (Wildman–Crippen MR) is 78.3 cm³/mol. The summed E-state index contributed by atoms with van der Waals surface area (Å²) in [5, 5.41) is 8.45. The molecule has 0 heterocycles. The summed E-state index contributed by atoms with van der Waals surface area (Å²) < 4.78 is 0. The van der Waals surface area contributed by atoms with Crippen LogP contribution in [0.25, 0.3) is 0 Å². The lowest BCUT2D eigenvalue weighted by Gasteiger charge is -2.08. The van der Waals surface area contributed by atoms with Crippen LogP contribution in [0.5, 0.6) is 0 Å². The van der Waals surface area contributed by atoms with Crippen molar-refractivity contribution in [2.24, 2.45) is 10.2 Å². The van der Waals surface area contributed by atoms with Gasteiger partial charge in [-0.25, -0.2) is 0 Å². The SMILES string of the molecule is CC1=CC(=S)CC=C1N=NC1=CCC(=S)C=C1. The molecule has 0 amide bonds. The molecule has 2 rings (SSSR count). The number of hydrogen-bond donors (Lipinski definition) is 0. The number of thiocarbonyl (C=S) groups is 2. The second kappa shape index (κ2) is 5.38. The van der Waals surface area contributed by atoms with Crippen molar-refractivity contribution in [2.45, 2.75) is 19.8 Å². The molecule has 0 radical (unpaired) electrons. The Balaban J connectivity index is 2.08. The molecular weight excluding hydrogens is 248 g/mol. The van der Waals surface area contributed by atoms with Crippen molar-refractivity contribution in [3.05, 3.63) is 47.3 Å². The summed E-state index contributed by atoms with van der Waals surface area (Å²) in [6.45, 7) is 2.00. The van der Waals surface area contributed by atoms with E-state index in [4.69, 9.17) is 24.4 Å². The molecule has 0 aromatic heterocycles. The second-order valence-corrected chi connectivity index (χ2v) is 4.97. The van der Waals surface area contributed by atoms with Crippen LogP contribution in [0.15, 0.2) is 57.6 Å². The van der Waals surface area contributed by atoms with Gasteiger partial charge in [-0.05, 0) is 30.7 Å². The van der Waals surface area contributed by atoms with Crippen LogP contribution in [0.1, 0.15) is 19.8 Å². The van der Waals surface area contributed by atoms with Gasteiger partial charge in [0.1, 0.15) is 0 Å². The van der Waals surface area contributed by atoms with Crippen LogP contribution in [0.4, 0.5) is 0 Å². The molecule has 0 aromatic rings. The molecule has 0 N–H and O–H groups in total. The fourth-order valence-electron chi connectivity index (χ4n) is 1.56. The molecule has 0 saturated heterocycles. The lowest BCUT2D eigenvalue weighted by Crippen LogP contribution is -1.97. The summed E-state index contributed by atoms with van der Waals surface area (Å²) in [6, 6.07) is 0. The zero-order valence-electron chi connectivity index (χ0n) is 9.51.